The lowest BCUT2D eigenvalue weighted by Gasteiger charge is -2.23. The van der Waals surface area contributed by atoms with Gasteiger partial charge in [0, 0.05) is 5.97 Å². The molecule has 0 saturated heterocycles. The first-order valence-corrected chi connectivity index (χ1v) is 6.58. The normalized spacial score (nSPS) is 10.6. The number of hydrogen-bond donors (Lipinski definition) is 1. The van der Waals surface area contributed by atoms with E-state index in [4.69, 9.17) is 0 Å². The molecule has 0 heterocycles. The van der Waals surface area contributed by atoms with Crippen molar-refractivity contribution in [1.82, 2.24) is 0 Å². The molecule has 0 radical (unpaired) electrons. The Morgan fingerprint density at radius 3 is 2.00 bits per heavy atom. The van der Waals surface area contributed by atoms with Gasteiger partial charge in [0.2, 0.25) is 0 Å². The fourth-order valence-corrected chi connectivity index (χ4v) is 1.29. The number of rotatable bonds is 7. The van der Waals surface area contributed by atoms with Gasteiger partial charge in [-0.2, -0.15) is 12.6 Å². The summed E-state index contributed by atoms with van der Waals surface area (Å²) in [4.78, 5) is 9.44. The third-order valence-electron chi connectivity index (χ3n) is 2.00. The van der Waals surface area contributed by atoms with E-state index in [-0.39, 0.29) is 6.42 Å². The van der Waals surface area contributed by atoms with Gasteiger partial charge in [-0.3, -0.25) is 0 Å². The number of quaternary nitrogens is 1. The lowest BCUT2D eigenvalue weighted by molar-refractivity contribution is -0.870. The van der Waals surface area contributed by atoms with Crippen molar-refractivity contribution in [2.24, 2.45) is 0 Å². The Bertz CT molecular complexity index is 167. The molecular formula is C12H27NO2S. The Morgan fingerprint density at radius 1 is 1.19 bits per heavy atom. The van der Waals surface area contributed by atoms with E-state index in [9.17, 15) is 9.90 Å². The molecule has 0 amide bonds. The van der Waals surface area contributed by atoms with Crippen LogP contribution in [0.1, 0.15) is 39.0 Å². The van der Waals surface area contributed by atoms with E-state index in [0.717, 1.165) is 4.48 Å². The maximum absolute atomic E-state index is 9.44. The number of carboxylic acids is 1. The van der Waals surface area contributed by atoms with Crippen LogP contribution in [0.4, 0.5) is 0 Å². The predicted molar refractivity (Wildman–Crippen MR) is 70.5 cm³/mol. The van der Waals surface area contributed by atoms with E-state index >= 15 is 0 Å². The molecule has 98 valence electrons. The third kappa shape index (κ3) is 23.5. The van der Waals surface area contributed by atoms with Crippen molar-refractivity contribution in [2.75, 3.05) is 33.4 Å². The first-order valence-electron chi connectivity index (χ1n) is 5.94. The number of carbonyl (C=O) groups is 1. The van der Waals surface area contributed by atoms with Crippen LogP contribution in [0.2, 0.25) is 0 Å². The standard InChI is InChI=1S/C9H22N.C3H6O2S/c1-5-6-7-8-9-10(2,3)4;4-3(5)1-2-6/h5-9H2,1-4H3;6H,1-2H2,(H,4,5)/q+1;/p-1. The molecule has 0 aromatic rings. The van der Waals surface area contributed by atoms with Gasteiger partial charge in [-0.25, -0.2) is 0 Å². The Kier molecular flexibility index (Phi) is 12.8. The highest BCUT2D eigenvalue weighted by molar-refractivity contribution is 7.80. The molecule has 4 heteroatoms. The number of carbonyl (C=O) groups excluding carboxylic acids is 1. The average Bonchev–Trinajstić information content (AvgIpc) is 2.12. The van der Waals surface area contributed by atoms with E-state index in [1.165, 1.54) is 32.2 Å². The van der Waals surface area contributed by atoms with Gasteiger partial charge in [0.25, 0.3) is 0 Å². The maximum Gasteiger partial charge on any atom is 0.0780 e. The van der Waals surface area contributed by atoms with E-state index < -0.39 is 5.97 Å². The maximum atomic E-state index is 9.44. The summed E-state index contributed by atoms with van der Waals surface area (Å²) < 4.78 is 1.11. The number of aliphatic carboxylic acids is 1. The van der Waals surface area contributed by atoms with Gasteiger partial charge in [0.05, 0.1) is 27.7 Å². The molecule has 0 unspecified atom stereocenters. The largest absolute Gasteiger partial charge is 0.550 e. The molecule has 0 aliphatic rings. The molecule has 0 N–H and O–H groups in total. The minimum Gasteiger partial charge on any atom is -0.550 e. The fraction of sp³-hybridized carbons (Fsp3) is 0.917. The molecule has 0 bridgehead atoms. The summed E-state index contributed by atoms with van der Waals surface area (Å²) in [6.45, 7) is 3.58. The van der Waals surface area contributed by atoms with Crippen LogP contribution < -0.4 is 5.11 Å². The van der Waals surface area contributed by atoms with Crippen molar-refractivity contribution >= 4 is 18.6 Å². The first-order chi connectivity index (χ1) is 7.33. The van der Waals surface area contributed by atoms with Gasteiger partial charge in [0.15, 0.2) is 0 Å². The van der Waals surface area contributed by atoms with Crippen molar-refractivity contribution < 1.29 is 14.4 Å². The molecule has 0 aromatic carbocycles. The molecule has 0 rings (SSSR count). The number of carboxylic acid groups (broad SMARTS) is 1. The SMILES string of the molecule is CCCCCC[N+](C)(C)C.O=C([O-])CCS. The van der Waals surface area contributed by atoms with Crippen LogP contribution in [0, 0.1) is 0 Å². The van der Waals surface area contributed by atoms with Crippen LogP contribution in [0.3, 0.4) is 0 Å². The Morgan fingerprint density at radius 2 is 1.75 bits per heavy atom. The minimum atomic E-state index is -1.04. The second-order valence-electron chi connectivity index (χ2n) is 4.92. The molecular weight excluding hydrogens is 222 g/mol. The minimum absolute atomic E-state index is 0.0448. The second-order valence-corrected chi connectivity index (χ2v) is 5.37. The van der Waals surface area contributed by atoms with E-state index in [1.807, 2.05) is 0 Å². The molecule has 16 heavy (non-hydrogen) atoms. The van der Waals surface area contributed by atoms with Gasteiger partial charge >= 0.3 is 0 Å². The smallest absolute Gasteiger partial charge is 0.0780 e. The van der Waals surface area contributed by atoms with Crippen molar-refractivity contribution in [3.8, 4) is 0 Å². The highest BCUT2D eigenvalue weighted by Crippen LogP contribution is 2.01. The zero-order valence-corrected chi connectivity index (χ0v) is 12.1. The number of nitrogens with zero attached hydrogens (tertiary/aromatic N) is 1. The van der Waals surface area contributed by atoms with Crippen LogP contribution in [0.15, 0.2) is 0 Å². The molecule has 0 atom stereocenters. The highest BCUT2D eigenvalue weighted by atomic mass is 32.1. The fourth-order valence-electron chi connectivity index (χ4n) is 1.10. The zero-order valence-electron chi connectivity index (χ0n) is 11.2. The summed E-state index contributed by atoms with van der Waals surface area (Å²) in [6.07, 6.45) is 5.59. The van der Waals surface area contributed by atoms with Gasteiger partial charge in [-0.15, -0.1) is 0 Å². The van der Waals surface area contributed by atoms with E-state index in [1.54, 1.807) is 0 Å². The van der Waals surface area contributed by atoms with Crippen LogP contribution in [0.5, 0.6) is 0 Å². The third-order valence-corrected chi connectivity index (χ3v) is 2.22. The van der Waals surface area contributed by atoms with Crippen molar-refractivity contribution in [2.45, 2.75) is 39.0 Å². The summed E-state index contributed by atoms with van der Waals surface area (Å²) >= 11 is 3.64. The van der Waals surface area contributed by atoms with E-state index in [0.29, 0.717) is 5.75 Å². The van der Waals surface area contributed by atoms with Gasteiger partial charge < -0.3 is 14.4 Å². The van der Waals surface area contributed by atoms with Crippen LogP contribution in [-0.2, 0) is 4.79 Å². The molecule has 0 saturated carbocycles. The van der Waals surface area contributed by atoms with Gasteiger partial charge in [-0.1, -0.05) is 19.8 Å². The summed E-state index contributed by atoms with van der Waals surface area (Å²) in [5, 5.41) is 9.44. The topological polar surface area (TPSA) is 40.1 Å². The first kappa shape index (κ1) is 18.2. The monoisotopic (exact) mass is 249 g/mol. The zero-order chi connectivity index (χ0) is 13.0. The highest BCUT2D eigenvalue weighted by Gasteiger charge is 2.04. The number of unbranched alkanes of at least 4 members (excludes halogenated alkanes) is 3. The van der Waals surface area contributed by atoms with Crippen LogP contribution in [0.25, 0.3) is 0 Å². The lowest BCUT2D eigenvalue weighted by Crippen LogP contribution is -2.35. The van der Waals surface area contributed by atoms with E-state index in [2.05, 4.69) is 40.7 Å². The quantitative estimate of drug-likeness (QED) is 0.420. The summed E-state index contributed by atoms with van der Waals surface area (Å²) in [6, 6.07) is 0. The molecule has 0 fully saturated rings. The molecule has 0 aliphatic heterocycles. The second kappa shape index (κ2) is 11.3. The molecule has 0 aromatic heterocycles. The summed E-state index contributed by atoms with van der Waals surface area (Å²) in [5.41, 5.74) is 0. The van der Waals surface area contributed by atoms with Gasteiger partial charge in [0.1, 0.15) is 0 Å². The molecule has 0 spiro atoms. The predicted octanol–water partition coefficient (Wildman–Crippen LogP) is 1.33. The number of hydrogen-bond acceptors (Lipinski definition) is 3. The summed E-state index contributed by atoms with van der Waals surface area (Å²) in [7, 11) is 6.77. The Labute approximate surface area is 106 Å². The summed E-state index contributed by atoms with van der Waals surface area (Å²) in [5.74, 6) is -0.674. The number of thiol groups is 1. The average molecular weight is 249 g/mol. The van der Waals surface area contributed by atoms with Crippen LogP contribution in [-0.4, -0.2) is 43.9 Å². The molecule has 0 aliphatic carbocycles. The van der Waals surface area contributed by atoms with Crippen molar-refractivity contribution in [3.05, 3.63) is 0 Å². The van der Waals surface area contributed by atoms with Crippen LogP contribution >= 0.6 is 12.6 Å². The Hall–Kier alpha value is -0.220. The lowest BCUT2D eigenvalue weighted by atomic mass is 10.2. The molecule has 3 nitrogen and oxygen atoms in total. The van der Waals surface area contributed by atoms with Crippen molar-refractivity contribution in [3.63, 3.8) is 0 Å². The van der Waals surface area contributed by atoms with Gasteiger partial charge in [-0.05, 0) is 25.0 Å². The van der Waals surface area contributed by atoms with Crippen molar-refractivity contribution in [1.29, 1.82) is 0 Å². The Balaban J connectivity index is 0.